The van der Waals surface area contributed by atoms with E-state index >= 15 is 0 Å². The van der Waals surface area contributed by atoms with E-state index in [9.17, 15) is 9.59 Å². The summed E-state index contributed by atoms with van der Waals surface area (Å²) in [5, 5.41) is 12.1. The first kappa shape index (κ1) is 14.6. The Labute approximate surface area is 125 Å². The van der Waals surface area contributed by atoms with Gasteiger partial charge in [0.25, 0.3) is 0 Å². The third kappa shape index (κ3) is 3.67. The highest BCUT2D eigenvalue weighted by Gasteiger charge is 2.33. The molecule has 0 aromatic carbocycles. The van der Waals surface area contributed by atoms with Crippen molar-refractivity contribution in [3.05, 3.63) is 0 Å². The Morgan fingerprint density at radius 3 is 2.05 bits per heavy atom. The van der Waals surface area contributed by atoms with Crippen LogP contribution in [0.3, 0.4) is 0 Å². The number of aliphatic carboxylic acids is 1. The van der Waals surface area contributed by atoms with Gasteiger partial charge in [0.2, 0.25) is 0 Å². The summed E-state index contributed by atoms with van der Waals surface area (Å²) in [7, 11) is 0. The summed E-state index contributed by atoms with van der Waals surface area (Å²) < 4.78 is 0. The van der Waals surface area contributed by atoms with Crippen LogP contribution in [0.5, 0.6) is 0 Å². The van der Waals surface area contributed by atoms with Crippen LogP contribution in [0.15, 0.2) is 0 Å². The normalized spacial score (nSPS) is 31.0. The fraction of sp³-hybridized carbons (Fsp3) is 0.867. The molecule has 0 aromatic heterocycles. The Balaban J connectivity index is 1.39. The van der Waals surface area contributed by atoms with E-state index in [0.29, 0.717) is 12.8 Å². The number of nitrogens with one attached hydrogen (secondary N) is 1. The number of carbonyl (C=O) groups excluding carboxylic acids is 1. The largest absolute Gasteiger partial charge is 0.481 e. The van der Waals surface area contributed by atoms with Gasteiger partial charge in [-0.1, -0.05) is 0 Å². The van der Waals surface area contributed by atoms with Gasteiger partial charge in [0, 0.05) is 38.3 Å². The van der Waals surface area contributed by atoms with E-state index in [1.807, 2.05) is 4.90 Å². The first-order valence-corrected chi connectivity index (χ1v) is 8.16. The lowest BCUT2D eigenvalue weighted by atomic mass is 9.86. The summed E-state index contributed by atoms with van der Waals surface area (Å²) in [4.78, 5) is 27.6. The number of piperazine rings is 1. The van der Waals surface area contributed by atoms with Gasteiger partial charge in [0.15, 0.2) is 0 Å². The van der Waals surface area contributed by atoms with Gasteiger partial charge in [0.1, 0.15) is 0 Å². The number of amides is 2. The Bertz CT molecular complexity index is 395. The summed E-state index contributed by atoms with van der Waals surface area (Å²) in [6.45, 7) is 3.60. The van der Waals surface area contributed by atoms with Crippen molar-refractivity contribution in [2.45, 2.75) is 50.6 Å². The minimum absolute atomic E-state index is 0.0317. The van der Waals surface area contributed by atoms with Gasteiger partial charge in [-0.15, -0.1) is 0 Å². The number of hydrogen-bond acceptors (Lipinski definition) is 3. The van der Waals surface area contributed by atoms with Crippen molar-refractivity contribution in [1.82, 2.24) is 15.1 Å². The summed E-state index contributed by atoms with van der Waals surface area (Å²) in [6, 6.07) is 0.959. The van der Waals surface area contributed by atoms with Crippen LogP contribution in [-0.2, 0) is 4.79 Å². The van der Waals surface area contributed by atoms with Crippen molar-refractivity contribution >= 4 is 12.0 Å². The monoisotopic (exact) mass is 295 g/mol. The fourth-order valence-electron chi connectivity index (χ4n) is 3.48. The molecule has 3 aliphatic rings. The highest BCUT2D eigenvalue weighted by Crippen LogP contribution is 2.28. The second-order valence-corrected chi connectivity index (χ2v) is 6.59. The van der Waals surface area contributed by atoms with Gasteiger partial charge in [-0.25, -0.2) is 4.79 Å². The van der Waals surface area contributed by atoms with E-state index in [4.69, 9.17) is 5.11 Å². The molecule has 6 nitrogen and oxygen atoms in total. The average Bonchev–Trinajstić information content (AvgIpc) is 3.32. The summed E-state index contributed by atoms with van der Waals surface area (Å²) in [5.74, 6) is -0.920. The minimum Gasteiger partial charge on any atom is -0.481 e. The number of carbonyl (C=O) groups is 2. The molecule has 0 atom stereocenters. The van der Waals surface area contributed by atoms with Crippen molar-refractivity contribution in [1.29, 1.82) is 0 Å². The molecule has 118 valence electrons. The summed E-state index contributed by atoms with van der Waals surface area (Å²) >= 11 is 0. The topological polar surface area (TPSA) is 72.9 Å². The van der Waals surface area contributed by atoms with Crippen molar-refractivity contribution in [2.24, 2.45) is 5.92 Å². The molecule has 3 fully saturated rings. The van der Waals surface area contributed by atoms with E-state index in [1.165, 1.54) is 12.8 Å². The van der Waals surface area contributed by atoms with E-state index in [-0.39, 0.29) is 18.0 Å². The van der Waals surface area contributed by atoms with Crippen LogP contribution in [0.25, 0.3) is 0 Å². The molecule has 3 rings (SSSR count). The lowest BCUT2D eigenvalue weighted by molar-refractivity contribution is -0.142. The molecule has 2 amide bonds. The smallest absolute Gasteiger partial charge is 0.317 e. The van der Waals surface area contributed by atoms with Crippen LogP contribution in [0.4, 0.5) is 4.79 Å². The maximum Gasteiger partial charge on any atom is 0.317 e. The first-order valence-electron chi connectivity index (χ1n) is 8.16. The number of hydrogen-bond donors (Lipinski definition) is 2. The third-order valence-corrected chi connectivity index (χ3v) is 5.07. The molecule has 0 spiro atoms. The molecule has 0 radical (unpaired) electrons. The standard InChI is InChI=1S/C15H25N3O3/c19-14(20)11-1-3-12(4-2-11)16-15(21)18-9-7-17(8-10-18)13-5-6-13/h11-13H,1-10H2,(H,16,21)(H,19,20). The van der Waals surface area contributed by atoms with Crippen LogP contribution in [0, 0.1) is 5.92 Å². The van der Waals surface area contributed by atoms with Crippen molar-refractivity contribution < 1.29 is 14.7 Å². The SMILES string of the molecule is O=C(O)C1CCC(NC(=O)N2CCN(C3CC3)CC2)CC1. The number of urea groups is 1. The Hall–Kier alpha value is -1.30. The maximum atomic E-state index is 12.3. The van der Waals surface area contributed by atoms with Crippen LogP contribution >= 0.6 is 0 Å². The highest BCUT2D eigenvalue weighted by molar-refractivity contribution is 5.75. The quantitative estimate of drug-likeness (QED) is 0.818. The lowest BCUT2D eigenvalue weighted by Gasteiger charge is -2.36. The molecule has 1 aliphatic heterocycles. The predicted molar refractivity (Wildman–Crippen MR) is 78.1 cm³/mol. The molecular weight excluding hydrogens is 270 g/mol. The molecule has 6 heteroatoms. The van der Waals surface area contributed by atoms with Gasteiger partial charge in [-0.05, 0) is 38.5 Å². The molecule has 2 N–H and O–H groups in total. The molecule has 2 saturated carbocycles. The zero-order valence-electron chi connectivity index (χ0n) is 12.5. The van der Waals surface area contributed by atoms with Gasteiger partial charge in [0.05, 0.1) is 5.92 Å². The predicted octanol–water partition coefficient (Wildman–Crippen LogP) is 1.12. The van der Waals surface area contributed by atoms with Crippen molar-refractivity contribution in [3.8, 4) is 0 Å². The number of carboxylic acids is 1. The molecular formula is C15H25N3O3. The van der Waals surface area contributed by atoms with Crippen LogP contribution in [-0.4, -0.2) is 65.2 Å². The maximum absolute atomic E-state index is 12.3. The minimum atomic E-state index is -0.698. The van der Waals surface area contributed by atoms with Crippen LogP contribution in [0.1, 0.15) is 38.5 Å². The molecule has 0 unspecified atom stereocenters. The van der Waals surface area contributed by atoms with Gasteiger partial charge < -0.3 is 15.3 Å². The van der Waals surface area contributed by atoms with E-state index < -0.39 is 5.97 Å². The van der Waals surface area contributed by atoms with E-state index in [0.717, 1.165) is 45.1 Å². The molecule has 0 aromatic rings. The number of nitrogens with zero attached hydrogens (tertiary/aromatic N) is 2. The molecule has 1 heterocycles. The fourth-order valence-corrected chi connectivity index (χ4v) is 3.48. The molecule has 1 saturated heterocycles. The average molecular weight is 295 g/mol. The van der Waals surface area contributed by atoms with Gasteiger partial charge in [-0.2, -0.15) is 0 Å². The molecule has 2 aliphatic carbocycles. The first-order chi connectivity index (χ1) is 10.1. The Morgan fingerprint density at radius 2 is 1.52 bits per heavy atom. The van der Waals surface area contributed by atoms with Gasteiger partial charge in [-0.3, -0.25) is 9.69 Å². The Kier molecular flexibility index (Phi) is 4.33. The van der Waals surface area contributed by atoms with E-state index in [2.05, 4.69) is 10.2 Å². The summed E-state index contributed by atoms with van der Waals surface area (Å²) in [5.41, 5.74) is 0. The van der Waals surface area contributed by atoms with Crippen molar-refractivity contribution in [3.63, 3.8) is 0 Å². The highest BCUT2D eigenvalue weighted by atomic mass is 16.4. The zero-order valence-corrected chi connectivity index (χ0v) is 12.5. The Morgan fingerprint density at radius 1 is 0.905 bits per heavy atom. The second kappa shape index (κ2) is 6.22. The number of rotatable bonds is 3. The van der Waals surface area contributed by atoms with Crippen LogP contribution in [0.2, 0.25) is 0 Å². The zero-order chi connectivity index (χ0) is 14.8. The number of carboxylic acid groups (broad SMARTS) is 1. The van der Waals surface area contributed by atoms with Crippen LogP contribution < -0.4 is 5.32 Å². The molecule has 0 bridgehead atoms. The summed E-state index contributed by atoms with van der Waals surface area (Å²) in [6.07, 6.45) is 5.55. The van der Waals surface area contributed by atoms with Gasteiger partial charge >= 0.3 is 12.0 Å². The lowest BCUT2D eigenvalue weighted by Crippen LogP contribution is -2.54. The second-order valence-electron chi connectivity index (χ2n) is 6.59. The van der Waals surface area contributed by atoms with Crippen molar-refractivity contribution in [2.75, 3.05) is 26.2 Å². The third-order valence-electron chi connectivity index (χ3n) is 5.07. The molecule has 21 heavy (non-hydrogen) atoms. The van der Waals surface area contributed by atoms with E-state index in [1.54, 1.807) is 0 Å².